The van der Waals surface area contributed by atoms with Crippen LogP contribution in [0, 0.1) is 0 Å². The van der Waals surface area contributed by atoms with Crippen LogP contribution in [0.1, 0.15) is 30.1 Å². The van der Waals surface area contributed by atoms with Gasteiger partial charge in [-0.1, -0.05) is 18.2 Å². The Balaban J connectivity index is 1.79. The van der Waals surface area contributed by atoms with Gasteiger partial charge in [-0.15, -0.1) is 0 Å². The maximum Gasteiger partial charge on any atom is 0.257 e. The van der Waals surface area contributed by atoms with Crippen LogP contribution >= 0.6 is 0 Å². The van der Waals surface area contributed by atoms with Crippen molar-refractivity contribution in [2.45, 2.75) is 19.8 Å². The Morgan fingerprint density at radius 1 is 1.13 bits per heavy atom. The third-order valence-electron chi connectivity index (χ3n) is 4.00. The van der Waals surface area contributed by atoms with Crippen LogP contribution in [0.3, 0.4) is 0 Å². The van der Waals surface area contributed by atoms with Crippen LogP contribution in [0.15, 0.2) is 48.5 Å². The van der Waals surface area contributed by atoms with Gasteiger partial charge in [0.25, 0.3) is 5.91 Å². The second kappa shape index (κ2) is 7.18. The molecule has 0 unspecified atom stereocenters. The maximum absolute atomic E-state index is 12.7. The van der Waals surface area contributed by atoms with E-state index in [0.717, 1.165) is 35.8 Å². The topological polar surface area (TPSA) is 41.6 Å². The number of carbonyl (C=O) groups is 1. The lowest BCUT2D eigenvalue weighted by Crippen LogP contribution is -2.22. The Kier molecular flexibility index (Phi) is 4.81. The first-order valence-corrected chi connectivity index (χ1v) is 8.16. The van der Waals surface area contributed by atoms with E-state index in [0.29, 0.717) is 6.61 Å². The second-order valence-electron chi connectivity index (χ2n) is 5.63. The molecule has 0 atom stereocenters. The highest BCUT2D eigenvalue weighted by molar-refractivity contribution is 6.08. The van der Waals surface area contributed by atoms with Crippen molar-refractivity contribution in [2.75, 3.05) is 29.9 Å². The van der Waals surface area contributed by atoms with Gasteiger partial charge in [-0.05, 0) is 44.0 Å². The lowest BCUT2D eigenvalue weighted by molar-refractivity contribution is 0.102. The number of hydrogen-bond acceptors (Lipinski definition) is 3. The molecule has 4 nitrogen and oxygen atoms in total. The number of ether oxygens (including phenoxy) is 1. The largest absolute Gasteiger partial charge is 0.494 e. The zero-order valence-electron chi connectivity index (χ0n) is 13.4. The SMILES string of the molecule is CCOc1cccc(NC(=O)c2ccccc2N2CCCC2)c1. The molecule has 1 fully saturated rings. The Hall–Kier alpha value is -2.49. The number of nitrogens with one attached hydrogen (secondary N) is 1. The van der Waals surface area contributed by atoms with Gasteiger partial charge in [-0.3, -0.25) is 4.79 Å². The van der Waals surface area contributed by atoms with Gasteiger partial charge in [-0.2, -0.15) is 0 Å². The molecule has 2 aromatic rings. The molecular formula is C19H22N2O2. The molecule has 0 aliphatic carbocycles. The van der Waals surface area contributed by atoms with Gasteiger partial charge in [0.1, 0.15) is 5.75 Å². The molecule has 0 radical (unpaired) electrons. The van der Waals surface area contributed by atoms with Crippen molar-refractivity contribution in [2.24, 2.45) is 0 Å². The summed E-state index contributed by atoms with van der Waals surface area (Å²) in [5, 5.41) is 2.98. The number of amides is 1. The predicted octanol–water partition coefficient (Wildman–Crippen LogP) is 3.94. The lowest BCUT2D eigenvalue weighted by Gasteiger charge is -2.21. The number of rotatable bonds is 5. The standard InChI is InChI=1S/C19H22N2O2/c1-2-23-16-9-7-8-15(14-16)20-19(22)17-10-3-4-11-18(17)21-12-5-6-13-21/h3-4,7-11,14H,2,5-6,12-13H2,1H3,(H,20,22). The average Bonchev–Trinajstić information content (AvgIpc) is 3.10. The summed E-state index contributed by atoms with van der Waals surface area (Å²) in [7, 11) is 0. The maximum atomic E-state index is 12.7. The van der Waals surface area contributed by atoms with E-state index in [2.05, 4.69) is 10.2 Å². The highest BCUT2D eigenvalue weighted by Crippen LogP contribution is 2.26. The Bertz CT molecular complexity index is 679. The van der Waals surface area contributed by atoms with E-state index in [1.807, 2.05) is 55.5 Å². The minimum Gasteiger partial charge on any atom is -0.494 e. The summed E-state index contributed by atoms with van der Waals surface area (Å²) in [6.45, 7) is 4.58. The smallest absolute Gasteiger partial charge is 0.257 e. The number of hydrogen-bond donors (Lipinski definition) is 1. The number of benzene rings is 2. The average molecular weight is 310 g/mol. The third kappa shape index (κ3) is 3.65. The summed E-state index contributed by atoms with van der Waals surface area (Å²) in [5.74, 6) is 0.680. The summed E-state index contributed by atoms with van der Waals surface area (Å²) >= 11 is 0. The minimum atomic E-state index is -0.0823. The summed E-state index contributed by atoms with van der Waals surface area (Å²) in [4.78, 5) is 15.0. The normalized spacial score (nSPS) is 13.9. The molecule has 1 aliphatic heterocycles. The van der Waals surface area contributed by atoms with E-state index in [4.69, 9.17) is 4.74 Å². The molecule has 1 saturated heterocycles. The fraction of sp³-hybridized carbons (Fsp3) is 0.316. The molecule has 0 spiro atoms. The van der Waals surface area contributed by atoms with E-state index in [9.17, 15) is 4.79 Å². The van der Waals surface area contributed by atoms with E-state index in [-0.39, 0.29) is 5.91 Å². The van der Waals surface area contributed by atoms with Crippen LogP contribution in [-0.2, 0) is 0 Å². The van der Waals surface area contributed by atoms with Crippen molar-refractivity contribution in [1.82, 2.24) is 0 Å². The third-order valence-corrected chi connectivity index (χ3v) is 4.00. The monoisotopic (exact) mass is 310 g/mol. The molecule has 0 aromatic heterocycles. The summed E-state index contributed by atoms with van der Waals surface area (Å²) in [5.41, 5.74) is 2.48. The molecule has 2 aromatic carbocycles. The summed E-state index contributed by atoms with van der Waals surface area (Å²) in [6.07, 6.45) is 2.37. The zero-order valence-corrected chi connectivity index (χ0v) is 13.4. The Labute approximate surface area is 137 Å². The van der Waals surface area contributed by atoms with Crippen LogP contribution in [-0.4, -0.2) is 25.6 Å². The number of carbonyl (C=O) groups excluding carboxylic acids is 1. The molecular weight excluding hydrogens is 288 g/mol. The van der Waals surface area contributed by atoms with Gasteiger partial charge in [0, 0.05) is 30.5 Å². The summed E-state index contributed by atoms with van der Waals surface area (Å²) in [6, 6.07) is 15.3. The zero-order chi connectivity index (χ0) is 16.1. The van der Waals surface area contributed by atoms with E-state index >= 15 is 0 Å². The van der Waals surface area contributed by atoms with Crippen molar-refractivity contribution in [1.29, 1.82) is 0 Å². The van der Waals surface area contributed by atoms with Crippen LogP contribution in [0.5, 0.6) is 5.75 Å². The minimum absolute atomic E-state index is 0.0823. The van der Waals surface area contributed by atoms with Gasteiger partial charge in [0.15, 0.2) is 0 Å². The Morgan fingerprint density at radius 2 is 1.91 bits per heavy atom. The van der Waals surface area contributed by atoms with Gasteiger partial charge in [-0.25, -0.2) is 0 Å². The fourth-order valence-corrected chi connectivity index (χ4v) is 2.93. The lowest BCUT2D eigenvalue weighted by atomic mass is 10.1. The van der Waals surface area contributed by atoms with Crippen molar-refractivity contribution >= 4 is 17.3 Å². The van der Waals surface area contributed by atoms with Crippen LogP contribution in [0.4, 0.5) is 11.4 Å². The highest BCUT2D eigenvalue weighted by Gasteiger charge is 2.19. The predicted molar refractivity (Wildman–Crippen MR) is 93.5 cm³/mol. The van der Waals surface area contributed by atoms with Crippen molar-refractivity contribution in [3.05, 3.63) is 54.1 Å². The van der Waals surface area contributed by atoms with E-state index < -0.39 is 0 Å². The highest BCUT2D eigenvalue weighted by atomic mass is 16.5. The molecule has 0 bridgehead atoms. The van der Waals surface area contributed by atoms with E-state index in [1.54, 1.807) is 0 Å². The first-order valence-electron chi connectivity index (χ1n) is 8.16. The van der Waals surface area contributed by atoms with Crippen molar-refractivity contribution in [3.63, 3.8) is 0 Å². The molecule has 3 rings (SSSR count). The fourth-order valence-electron chi connectivity index (χ4n) is 2.93. The molecule has 1 heterocycles. The van der Waals surface area contributed by atoms with Crippen molar-refractivity contribution < 1.29 is 9.53 Å². The molecule has 4 heteroatoms. The molecule has 1 amide bonds. The number of nitrogens with zero attached hydrogens (tertiary/aromatic N) is 1. The number of anilines is 2. The molecule has 23 heavy (non-hydrogen) atoms. The van der Waals surface area contributed by atoms with Crippen molar-refractivity contribution in [3.8, 4) is 5.75 Å². The number of para-hydroxylation sites is 1. The molecule has 1 aliphatic rings. The molecule has 120 valence electrons. The Morgan fingerprint density at radius 3 is 2.70 bits per heavy atom. The van der Waals surface area contributed by atoms with Gasteiger partial charge in [0.05, 0.1) is 12.2 Å². The van der Waals surface area contributed by atoms with Gasteiger partial charge < -0.3 is 15.0 Å². The first-order chi connectivity index (χ1) is 11.3. The van der Waals surface area contributed by atoms with Gasteiger partial charge >= 0.3 is 0 Å². The van der Waals surface area contributed by atoms with Crippen LogP contribution in [0.25, 0.3) is 0 Å². The summed E-state index contributed by atoms with van der Waals surface area (Å²) < 4.78 is 5.48. The molecule has 0 saturated carbocycles. The van der Waals surface area contributed by atoms with Crippen LogP contribution < -0.4 is 15.0 Å². The first kappa shape index (κ1) is 15.4. The second-order valence-corrected chi connectivity index (χ2v) is 5.63. The van der Waals surface area contributed by atoms with Gasteiger partial charge in [0.2, 0.25) is 0 Å². The quantitative estimate of drug-likeness (QED) is 0.909. The molecule has 1 N–H and O–H groups in total. The van der Waals surface area contributed by atoms with Crippen LogP contribution in [0.2, 0.25) is 0 Å². The van der Waals surface area contributed by atoms with E-state index in [1.165, 1.54) is 12.8 Å².